The fourth-order valence-corrected chi connectivity index (χ4v) is 7.02. The first-order valence-corrected chi connectivity index (χ1v) is 15.7. The summed E-state index contributed by atoms with van der Waals surface area (Å²) in [6, 6.07) is 8.09. The van der Waals surface area contributed by atoms with Crippen LogP contribution < -0.4 is 10.6 Å². The van der Waals surface area contributed by atoms with Gasteiger partial charge in [-0.2, -0.15) is 26.3 Å². The van der Waals surface area contributed by atoms with E-state index in [0.29, 0.717) is 41.9 Å². The Morgan fingerprint density at radius 3 is 2.20 bits per heavy atom. The van der Waals surface area contributed by atoms with Crippen molar-refractivity contribution in [1.29, 1.82) is 0 Å². The molecule has 2 atom stereocenters. The molecule has 0 saturated carbocycles. The van der Waals surface area contributed by atoms with Crippen molar-refractivity contribution in [3.63, 3.8) is 0 Å². The summed E-state index contributed by atoms with van der Waals surface area (Å²) in [6.07, 6.45) is -4.95. The third kappa shape index (κ3) is 6.96. The minimum Gasteiger partial charge on any atom is -0.456 e. The van der Waals surface area contributed by atoms with Crippen LogP contribution in [0.1, 0.15) is 53.5 Å². The van der Waals surface area contributed by atoms with Crippen molar-refractivity contribution < 1.29 is 35.8 Å². The summed E-state index contributed by atoms with van der Waals surface area (Å²) < 4.78 is 89.7. The SMILES string of the molecule is Cc1ccccc1/C1=C/C(N2CCC(N3CCCC3)CC2)OC2=C(CNCN2)C(Cc2cc(C(F)(F)F)cc(C(F)(F)F)c2)[N+]1=O. The summed E-state index contributed by atoms with van der Waals surface area (Å²) in [6.45, 7) is 6.06. The van der Waals surface area contributed by atoms with Crippen molar-refractivity contribution in [2.45, 2.75) is 69.7 Å². The normalized spacial score (nSPS) is 25.3. The van der Waals surface area contributed by atoms with E-state index < -0.39 is 42.2 Å². The van der Waals surface area contributed by atoms with Gasteiger partial charge in [0.25, 0.3) is 5.70 Å². The molecule has 248 valence electrons. The highest BCUT2D eigenvalue weighted by Crippen LogP contribution is 2.38. The maximum Gasteiger partial charge on any atom is 0.416 e. The number of hydrogen-bond acceptors (Lipinski definition) is 6. The van der Waals surface area contributed by atoms with Gasteiger partial charge < -0.3 is 15.0 Å². The smallest absolute Gasteiger partial charge is 0.416 e. The van der Waals surface area contributed by atoms with Gasteiger partial charge in [-0.15, -0.1) is 0 Å². The first-order chi connectivity index (χ1) is 21.9. The van der Waals surface area contributed by atoms with Crippen LogP contribution in [-0.4, -0.2) is 72.3 Å². The Balaban J connectivity index is 1.39. The zero-order chi connectivity index (χ0) is 32.6. The zero-order valence-corrected chi connectivity index (χ0v) is 25.6. The van der Waals surface area contributed by atoms with Gasteiger partial charge in [-0.25, -0.2) is 0 Å². The molecular formula is C33H38F6N5O2+. The van der Waals surface area contributed by atoms with Gasteiger partial charge in [0.05, 0.1) is 28.9 Å². The van der Waals surface area contributed by atoms with Gasteiger partial charge in [0, 0.05) is 47.8 Å². The number of alkyl halides is 6. The number of nitrogens with one attached hydrogen (secondary N) is 2. The largest absolute Gasteiger partial charge is 0.456 e. The van der Waals surface area contributed by atoms with E-state index in [-0.39, 0.29) is 23.9 Å². The van der Waals surface area contributed by atoms with Gasteiger partial charge in [0.15, 0.2) is 12.1 Å². The number of nitroso groups, excluding NO2 is 1. The van der Waals surface area contributed by atoms with Crippen LogP contribution in [0.25, 0.3) is 5.70 Å². The van der Waals surface area contributed by atoms with E-state index in [1.807, 2.05) is 19.1 Å². The van der Waals surface area contributed by atoms with E-state index in [2.05, 4.69) is 20.4 Å². The molecule has 0 radical (unpaired) electrons. The number of piperidine rings is 1. The Bertz CT molecular complexity index is 1470. The predicted molar refractivity (Wildman–Crippen MR) is 160 cm³/mol. The molecule has 0 aromatic heterocycles. The Morgan fingerprint density at radius 2 is 1.57 bits per heavy atom. The summed E-state index contributed by atoms with van der Waals surface area (Å²) in [5, 5.41) is 6.27. The fraction of sp³-hybridized carbons (Fsp3) is 0.515. The molecule has 13 heteroatoms. The number of nitrogens with zero attached hydrogens (tertiary/aromatic N) is 3. The van der Waals surface area contributed by atoms with Crippen molar-refractivity contribution in [2.75, 3.05) is 39.4 Å². The van der Waals surface area contributed by atoms with Gasteiger partial charge >= 0.3 is 12.4 Å². The molecule has 4 aliphatic rings. The number of aryl methyl sites for hydroxylation is 1. The summed E-state index contributed by atoms with van der Waals surface area (Å²) >= 11 is 0. The van der Waals surface area contributed by atoms with Gasteiger partial charge in [0.2, 0.25) is 6.04 Å². The summed E-state index contributed by atoms with van der Waals surface area (Å²) in [5.74, 6) is 0.319. The van der Waals surface area contributed by atoms with E-state index >= 15 is 0 Å². The zero-order valence-electron chi connectivity index (χ0n) is 25.6. The van der Waals surface area contributed by atoms with Crippen LogP contribution in [0.4, 0.5) is 26.3 Å². The Hall–Kier alpha value is -3.42. The number of benzene rings is 2. The van der Waals surface area contributed by atoms with Crippen molar-refractivity contribution >= 4 is 5.70 Å². The average molecular weight is 651 g/mol. The second-order valence-electron chi connectivity index (χ2n) is 12.5. The lowest BCUT2D eigenvalue weighted by Gasteiger charge is -2.40. The molecule has 0 aliphatic carbocycles. The second-order valence-corrected chi connectivity index (χ2v) is 12.5. The first kappa shape index (κ1) is 32.5. The summed E-state index contributed by atoms with van der Waals surface area (Å²) in [5.41, 5.74) is -0.984. The standard InChI is InChI=1S/C33H38F6N5O2/c1-21-6-2-3-7-26(21)29-18-30(43-12-8-25(9-13-43)42-10-4-5-11-42)46-31-27(19-40-20-41-31)28(44(29)45)16-22-14-23(32(34,35)36)17-24(15-22)33(37,38)39/h2-3,6-7,14-15,17-18,25,28,30,40-41H,4-5,8-13,16,19-20H2,1H3/q+1/b29-18-. The quantitative estimate of drug-likeness (QED) is 0.304. The minimum atomic E-state index is -5.00. The van der Waals surface area contributed by atoms with Crippen LogP contribution in [-0.2, 0) is 23.5 Å². The van der Waals surface area contributed by atoms with Crippen molar-refractivity contribution in [3.8, 4) is 0 Å². The molecule has 6 rings (SSSR count). The van der Waals surface area contributed by atoms with Crippen molar-refractivity contribution in [3.05, 3.63) is 92.7 Å². The molecule has 2 saturated heterocycles. The van der Waals surface area contributed by atoms with Crippen molar-refractivity contribution in [1.82, 2.24) is 20.4 Å². The van der Waals surface area contributed by atoms with Gasteiger partial charge in [-0.05, 0) is 81.1 Å². The summed E-state index contributed by atoms with van der Waals surface area (Å²) in [4.78, 5) is 19.3. The van der Waals surface area contributed by atoms with Crippen LogP contribution in [0.15, 0.2) is 60.0 Å². The Labute approximate surface area is 263 Å². The van der Waals surface area contributed by atoms with Crippen LogP contribution in [0.5, 0.6) is 0 Å². The van der Waals surface area contributed by atoms with E-state index in [1.165, 1.54) is 12.8 Å². The van der Waals surface area contributed by atoms with Crippen LogP contribution in [0.3, 0.4) is 0 Å². The number of rotatable bonds is 5. The van der Waals surface area contributed by atoms with Crippen LogP contribution >= 0.6 is 0 Å². The number of likely N-dealkylation sites (tertiary alicyclic amines) is 2. The molecule has 4 heterocycles. The minimum absolute atomic E-state index is 0.101. The van der Waals surface area contributed by atoms with Gasteiger partial charge in [-0.1, -0.05) is 18.2 Å². The molecule has 7 nitrogen and oxygen atoms in total. The predicted octanol–water partition coefficient (Wildman–Crippen LogP) is 6.04. The Kier molecular flexibility index (Phi) is 9.19. The van der Waals surface area contributed by atoms with Gasteiger partial charge in [0.1, 0.15) is 0 Å². The third-order valence-electron chi connectivity index (χ3n) is 9.46. The molecule has 0 spiro atoms. The lowest BCUT2D eigenvalue weighted by atomic mass is 9.93. The molecule has 2 aromatic carbocycles. The number of hydrogen-bond donors (Lipinski definition) is 2. The molecule has 46 heavy (non-hydrogen) atoms. The van der Waals surface area contributed by atoms with E-state index in [0.717, 1.165) is 49.3 Å². The highest BCUT2D eigenvalue weighted by Gasteiger charge is 2.44. The molecule has 0 bridgehead atoms. The topological polar surface area (TPSA) is 59.9 Å². The molecule has 2 aromatic rings. The van der Waals surface area contributed by atoms with Gasteiger partial charge in [-0.3, -0.25) is 10.2 Å². The number of ether oxygens (including phenoxy) is 1. The maximum absolute atomic E-state index is 14.6. The monoisotopic (exact) mass is 650 g/mol. The first-order valence-electron chi connectivity index (χ1n) is 15.7. The maximum atomic E-state index is 14.6. The second kappa shape index (κ2) is 13.0. The fourth-order valence-electron chi connectivity index (χ4n) is 7.02. The van der Waals surface area contributed by atoms with Crippen LogP contribution in [0.2, 0.25) is 0 Å². The Morgan fingerprint density at radius 1 is 0.913 bits per heavy atom. The molecule has 0 amide bonds. The van der Waals surface area contributed by atoms with Crippen molar-refractivity contribution in [2.24, 2.45) is 0 Å². The lowest BCUT2D eigenvalue weighted by Crippen LogP contribution is -2.51. The van der Waals surface area contributed by atoms with Crippen LogP contribution in [0, 0.1) is 11.8 Å². The molecule has 2 N–H and O–H groups in total. The highest BCUT2D eigenvalue weighted by atomic mass is 19.4. The lowest BCUT2D eigenvalue weighted by molar-refractivity contribution is -0.489. The summed E-state index contributed by atoms with van der Waals surface area (Å²) in [7, 11) is 0. The third-order valence-corrected chi connectivity index (χ3v) is 9.46. The highest BCUT2D eigenvalue weighted by molar-refractivity contribution is 5.62. The molecule has 4 aliphatic heterocycles. The molecule has 2 unspecified atom stereocenters. The van der Waals surface area contributed by atoms with E-state index in [1.54, 1.807) is 18.2 Å². The molecular weight excluding hydrogens is 612 g/mol. The van der Waals surface area contributed by atoms with E-state index in [4.69, 9.17) is 4.74 Å². The van der Waals surface area contributed by atoms with E-state index in [9.17, 15) is 31.2 Å². The molecule has 2 fully saturated rings. The number of halogens is 6. The average Bonchev–Trinajstić information content (AvgIpc) is 3.56.